The molecule has 1 aromatic heterocycles. The molecular formula is C14H19N3O2S. The van der Waals surface area contributed by atoms with Gasteiger partial charge >= 0.3 is 0 Å². The van der Waals surface area contributed by atoms with Crippen molar-refractivity contribution < 1.29 is 8.42 Å². The van der Waals surface area contributed by atoms with Gasteiger partial charge in [0.25, 0.3) is 0 Å². The summed E-state index contributed by atoms with van der Waals surface area (Å²) in [5, 5.41) is 9.75. The first-order valence-electron chi connectivity index (χ1n) is 6.62. The maximum atomic E-state index is 11.8. The van der Waals surface area contributed by atoms with Gasteiger partial charge in [-0.1, -0.05) is 44.2 Å². The van der Waals surface area contributed by atoms with Crippen LogP contribution < -0.4 is 5.14 Å². The summed E-state index contributed by atoms with van der Waals surface area (Å²) in [4.78, 5) is 0.193. The average molecular weight is 293 g/mol. The number of rotatable bonds is 5. The summed E-state index contributed by atoms with van der Waals surface area (Å²) in [5.74, 6) is 0. The molecule has 2 rings (SSSR count). The zero-order valence-corrected chi connectivity index (χ0v) is 12.5. The van der Waals surface area contributed by atoms with Crippen molar-refractivity contribution in [3.05, 3.63) is 47.3 Å². The Hall–Kier alpha value is -1.66. The Balaban J connectivity index is 2.52. The first-order chi connectivity index (χ1) is 9.47. The van der Waals surface area contributed by atoms with E-state index in [-0.39, 0.29) is 4.90 Å². The lowest BCUT2D eigenvalue weighted by Crippen LogP contribution is -2.16. The van der Waals surface area contributed by atoms with Crippen LogP contribution in [0.25, 0.3) is 0 Å². The van der Waals surface area contributed by atoms with Crippen molar-refractivity contribution in [3.63, 3.8) is 0 Å². The van der Waals surface area contributed by atoms with Crippen molar-refractivity contribution in [1.29, 1.82) is 0 Å². The number of sulfonamides is 1. The van der Waals surface area contributed by atoms with Crippen molar-refractivity contribution in [3.8, 4) is 0 Å². The van der Waals surface area contributed by atoms with Gasteiger partial charge in [-0.2, -0.15) is 5.10 Å². The third kappa shape index (κ3) is 2.91. The van der Waals surface area contributed by atoms with Gasteiger partial charge in [0.15, 0.2) is 0 Å². The van der Waals surface area contributed by atoms with Gasteiger partial charge in [-0.25, -0.2) is 13.6 Å². The molecule has 0 aliphatic heterocycles. The van der Waals surface area contributed by atoms with Gasteiger partial charge in [0.1, 0.15) is 4.90 Å². The van der Waals surface area contributed by atoms with E-state index < -0.39 is 10.0 Å². The molecule has 2 aromatic rings. The smallest absolute Gasteiger partial charge is 0.241 e. The second-order valence-electron chi connectivity index (χ2n) is 4.62. The van der Waals surface area contributed by atoms with E-state index in [4.69, 9.17) is 5.14 Å². The van der Waals surface area contributed by atoms with Crippen molar-refractivity contribution in [2.45, 2.75) is 38.1 Å². The second-order valence-corrected chi connectivity index (χ2v) is 6.12. The number of aryl methyl sites for hydroxylation is 1. The van der Waals surface area contributed by atoms with Crippen LogP contribution in [0.5, 0.6) is 0 Å². The highest BCUT2D eigenvalue weighted by molar-refractivity contribution is 7.89. The molecule has 108 valence electrons. The predicted molar refractivity (Wildman–Crippen MR) is 77.9 cm³/mol. The second kappa shape index (κ2) is 5.76. The van der Waals surface area contributed by atoms with Crippen LogP contribution in [-0.4, -0.2) is 18.2 Å². The third-order valence-electron chi connectivity index (χ3n) is 3.21. The highest BCUT2D eigenvalue weighted by Crippen LogP contribution is 2.21. The monoisotopic (exact) mass is 293 g/mol. The number of aromatic nitrogens is 2. The van der Waals surface area contributed by atoms with E-state index in [1.54, 1.807) is 4.68 Å². The molecule has 6 heteroatoms. The first-order valence-corrected chi connectivity index (χ1v) is 8.17. The maximum absolute atomic E-state index is 11.8. The van der Waals surface area contributed by atoms with Crippen LogP contribution in [0.15, 0.2) is 35.2 Å². The van der Waals surface area contributed by atoms with E-state index in [1.807, 2.05) is 44.2 Å². The Morgan fingerprint density at radius 1 is 1.15 bits per heavy atom. The molecule has 5 nitrogen and oxygen atoms in total. The molecule has 0 aliphatic carbocycles. The average Bonchev–Trinajstić information content (AvgIpc) is 2.77. The van der Waals surface area contributed by atoms with E-state index in [0.717, 1.165) is 5.56 Å². The fourth-order valence-corrected chi connectivity index (χ4v) is 3.42. The molecule has 0 fully saturated rings. The van der Waals surface area contributed by atoms with Gasteiger partial charge in [0, 0.05) is 0 Å². The van der Waals surface area contributed by atoms with E-state index in [0.29, 0.717) is 30.8 Å². The number of benzene rings is 1. The molecule has 0 saturated heterocycles. The summed E-state index contributed by atoms with van der Waals surface area (Å²) in [6, 6.07) is 9.82. The highest BCUT2D eigenvalue weighted by atomic mass is 32.2. The van der Waals surface area contributed by atoms with Gasteiger partial charge in [0.05, 0.1) is 17.9 Å². The van der Waals surface area contributed by atoms with E-state index in [1.165, 1.54) is 0 Å². The first kappa shape index (κ1) is 14.7. The van der Waals surface area contributed by atoms with Crippen LogP contribution in [0.2, 0.25) is 0 Å². The quantitative estimate of drug-likeness (QED) is 0.911. The minimum atomic E-state index is -3.74. The lowest BCUT2D eigenvalue weighted by molar-refractivity contribution is 0.594. The molecular weight excluding hydrogens is 274 g/mol. The van der Waals surface area contributed by atoms with Crippen LogP contribution in [0.4, 0.5) is 0 Å². The van der Waals surface area contributed by atoms with Gasteiger partial charge in [-0.15, -0.1) is 0 Å². The van der Waals surface area contributed by atoms with Crippen LogP contribution in [-0.2, 0) is 29.4 Å². The molecule has 1 heterocycles. The number of nitrogens with zero attached hydrogens (tertiary/aromatic N) is 2. The zero-order chi connectivity index (χ0) is 14.8. The van der Waals surface area contributed by atoms with Gasteiger partial charge in [0.2, 0.25) is 10.0 Å². The van der Waals surface area contributed by atoms with Gasteiger partial charge in [-0.05, 0) is 18.4 Å². The zero-order valence-electron chi connectivity index (χ0n) is 11.7. The third-order valence-corrected chi connectivity index (χ3v) is 4.25. The summed E-state index contributed by atoms with van der Waals surface area (Å²) in [6.07, 6.45) is 1.12. The Kier molecular flexibility index (Phi) is 4.25. The van der Waals surface area contributed by atoms with Crippen molar-refractivity contribution in [2.75, 3.05) is 0 Å². The molecule has 0 saturated carbocycles. The SMILES string of the molecule is CCc1nn(Cc2ccccc2)c(CC)c1S(N)(=O)=O. The van der Waals surface area contributed by atoms with Crippen molar-refractivity contribution in [1.82, 2.24) is 9.78 Å². The number of hydrogen-bond donors (Lipinski definition) is 1. The topological polar surface area (TPSA) is 78.0 Å². The fraction of sp³-hybridized carbons (Fsp3) is 0.357. The largest absolute Gasteiger partial charge is 0.263 e. The molecule has 0 bridgehead atoms. The molecule has 0 radical (unpaired) electrons. The highest BCUT2D eigenvalue weighted by Gasteiger charge is 2.24. The molecule has 2 N–H and O–H groups in total. The Labute approximate surface area is 119 Å². The normalized spacial score (nSPS) is 11.8. The lowest BCUT2D eigenvalue weighted by atomic mass is 10.2. The van der Waals surface area contributed by atoms with Crippen LogP contribution in [0.3, 0.4) is 0 Å². The number of primary sulfonamides is 1. The minimum Gasteiger partial charge on any atom is -0.263 e. The Morgan fingerprint density at radius 3 is 2.30 bits per heavy atom. The number of nitrogens with two attached hydrogens (primary N) is 1. The molecule has 0 spiro atoms. The number of hydrogen-bond acceptors (Lipinski definition) is 3. The predicted octanol–water partition coefficient (Wildman–Crippen LogP) is 1.70. The van der Waals surface area contributed by atoms with Crippen LogP contribution in [0, 0.1) is 0 Å². The fourth-order valence-electron chi connectivity index (χ4n) is 2.33. The summed E-state index contributed by atoms with van der Waals surface area (Å²) < 4.78 is 25.3. The van der Waals surface area contributed by atoms with Crippen molar-refractivity contribution >= 4 is 10.0 Å². The van der Waals surface area contributed by atoms with E-state index >= 15 is 0 Å². The molecule has 0 atom stereocenters. The van der Waals surface area contributed by atoms with E-state index in [9.17, 15) is 8.42 Å². The Morgan fingerprint density at radius 2 is 1.80 bits per heavy atom. The molecule has 0 aliphatic rings. The van der Waals surface area contributed by atoms with Crippen molar-refractivity contribution in [2.24, 2.45) is 5.14 Å². The lowest BCUT2D eigenvalue weighted by Gasteiger charge is -2.07. The Bertz CT molecular complexity index is 691. The summed E-state index contributed by atoms with van der Waals surface area (Å²) in [5.41, 5.74) is 2.29. The van der Waals surface area contributed by atoms with Crippen LogP contribution >= 0.6 is 0 Å². The summed E-state index contributed by atoms with van der Waals surface area (Å²) in [7, 11) is -3.74. The van der Waals surface area contributed by atoms with Crippen LogP contribution in [0.1, 0.15) is 30.8 Å². The van der Waals surface area contributed by atoms with Gasteiger partial charge in [-0.3, -0.25) is 4.68 Å². The standard InChI is InChI=1S/C14H19N3O2S/c1-3-12-14(20(15,18)19)13(4-2)17(16-12)10-11-8-6-5-7-9-11/h5-9H,3-4,10H2,1-2H3,(H2,15,18,19). The maximum Gasteiger partial charge on any atom is 0.241 e. The molecule has 20 heavy (non-hydrogen) atoms. The molecule has 0 amide bonds. The summed E-state index contributed by atoms with van der Waals surface area (Å²) >= 11 is 0. The summed E-state index contributed by atoms with van der Waals surface area (Å²) in [6.45, 7) is 4.34. The van der Waals surface area contributed by atoms with E-state index in [2.05, 4.69) is 5.10 Å². The minimum absolute atomic E-state index is 0.193. The molecule has 1 aromatic carbocycles. The van der Waals surface area contributed by atoms with Gasteiger partial charge < -0.3 is 0 Å². The molecule has 0 unspecified atom stereocenters.